The van der Waals surface area contributed by atoms with E-state index in [1.807, 2.05) is 27.0 Å². The van der Waals surface area contributed by atoms with Gasteiger partial charge in [0, 0.05) is 13.2 Å². The molecule has 1 rings (SSSR count). The van der Waals surface area contributed by atoms with Gasteiger partial charge in [-0.05, 0) is 19.4 Å². The van der Waals surface area contributed by atoms with Crippen molar-refractivity contribution in [1.82, 2.24) is 9.78 Å². The van der Waals surface area contributed by atoms with E-state index in [4.69, 9.17) is 4.74 Å². The Labute approximate surface area is 83.9 Å². The molecule has 0 aromatic carbocycles. The first-order valence-corrected chi connectivity index (χ1v) is 4.85. The van der Waals surface area contributed by atoms with Crippen molar-refractivity contribution in [3.05, 3.63) is 18.0 Å². The molecule has 0 aliphatic carbocycles. The molecule has 4 heteroatoms. The van der Waals surface area contributed by atoms with Crippen molar-refractivity contribution in [3.8, 4) is 0 Å². The van der Waals surface area contributed by atoms with Crippen molar-refractivity contribution in [1.29, 1.82) is 0 Å². The summed E-state index contributed by atoms with van der Waals surface area (Å²) in [5.41, 5.74) is 0.908. The molecule has 14 heavy (non-hydrogen) atoms. The molecule has 0 fully saturated rings. The summed E-state index contributed by atoms with van der Waals surface area (Å²) in [5, 5.41) is 4.04. The first-order chi connectivity index (χ1) is 6.70. The van der Waals surface area contributed by atoms with Gasteiger partial charge in [0.1, 0.15) is 0 Å². The molecule has 0 amide bonds. The monoisotopic (exact) mass is 196 g/mol. The zero-order chi connectivity index (χ0) is 10.6. The van der Waals surface area contributed by atoms with Crippen LogP contribution in [-0.2, 0) is 16.6 Å². The number of nitrogens with zero attached hydrogens (tertiary/aromatic N) is 2. The van der Waals surface area contributed by atoms with Gasteiger partial charge in [0.25, 0.3) is 0 Å². The molecule has 0 aliphatic rings. The van der Waals surface area contributed by atoms with E-state index in [9.17, 15) is 4.79 Å². The zero-order valence-corrected chi connectivity index (χ0v) is 8.86. The lowest BCUT2D eigenvalue weighted by molar-refractivity contribution is -0.145. The van der Waals surface area contributed by atoms with Crippen LogP contribution in [0.1, 0.15) is 31.9 Å². The summed E-state index contributed by atoms with van der Waals surface area (Å²) >= 11 is 0. The molecular weight excluding hydrogens is 180 g/mol. The molecule has 0 radical (unpaired) electrons. The summed E-state index contributed by atoms with van der Waals surface area (Å²) in [5.74, 6) is -0.360. The molecule has 1 aromatic rings. The minimum absolute atomic E-state index is 0.168. The highest BCUT2D eigenvalue weighted by Gasteiger charge is 2.22. The largest absolute Gasteiger partial charge is 0.465 e. The predicted molar refractivity (Wildman–Crippen MR) is 52.9 cm³/mol. The average molecular weight is 196 g/mol. The minimum Gasteiger partial charge on any atom is -0.465 e. The molecule has 4 nitrogen and oxygen atoms in total. The number of carbonyl (C=O) groups is 1. The Morgan fingerprint density at radius 1 is 1.64 bits per heavy atom. The molecule has 1 aromatic heterocycles. The van der Waals surface area contributed by atoms with E-state index < -0.39 is 0 Å². The highest BCUT2D eigenvalue weighted by molar-refractivity contribution is 5.77. The smallest absolute Gasteiger partial charge is 0.314 e. The Morgan fingerprint density at radius 2 is 2.36 bits per heavy atom. The Kier molecular flexibility index (Phi) is 3.68. The van der Waals surface area contributed by atoms with Gasteiger partial charge >= 0.3 is 5.97 Å². The van der Waals surface area contributed by atoms with Crippen molar-refractivity contribution < 1.29 is 9.53 Å². The van der Waals surface area contributed by atoms with Gasteiger partial charge in [-0.2, -0.15) is 5.10 Å². The maximum Gasteiger partial charge on any atom is 0.314 e. The second-order valence-electron chi connectivity index (χ2n) is 3.09. The van der Waals surface area contributed by atoms with Gasteiger partial charge in [-0.1, -0.05) is 6.92 Å². The van der Waals surface area contributed by atoms with Crippen LogP contribution in [0.25, 0.3) is 0 Å². The van der Waals surface area contributed by atoms with Crippen molar-refractivity contribution in [3.63, 3.8) is 0 Å². The molecule has 78 valence electrons. The quantitative estimate of drug-likeness (QED) is 0.685. The van der Waals surface area contributed by atoms with E-state index >= 15 is 0 Å². The van der Waals surface area contributed by atoms with Gasteiger partial charge in [-0.25, -0.2) is 0 Å². The number of rotatable bonds is 4. The third-order valence-corrected chi connectivity index (χ3v) is 2.20. The Balaban J connectivity index is 2.82. The van der Waals surface area contributed by atoms with Crippen molar-refractivity contribution >= 4 is 5.97 Å². The number of hydrogen-bond donors (Lipinski definition) is 0. The third-order valence-electron chi connectivity index (χ3n) is 2.20. The maximum atomic E-state index is 11.6. The normalized spacial score (nSPS) is 12.5. The fourth-order valence-electron chi connectivity index (χ4n) is 1.47. The molecule has 0 N–H and O–H groups in total. The lowest BCUT2D eigenvalue weighted by atomic mass is 10.0. The topological polar surface area (TPSA) is 44.1 Å². The predicted octanol–water partition coefficient (Wildman–Crippen LogP) is 1.48. The number of carbonyl (C=O) groups excluding carboxylic acids is 1. The van der Waals surface area contributed by atoms with E-state index in [2.05, 4.69) is 5.10 Å². The Morgan fingerprint density at radius 3 is 2.79 bits per heavy atom. The SMILES string of the molecule is CCOC(=O)C(CC)c1ccnn1C. The lowest BCUT2D eigenvalue weighted by Gasteiger charge is -2.13. The van der Waals surface area contributed by atoms with Crippen LogP contribution in [0.15, 0.2) is 12.3 Å². The molecule has 0 saturated carbocycles. The number of ether oxygens (including phenoxy) is 1. The van der Waals surface area contributed by atoms with Gasteiger partial charge < -0.3 is 4.74 Å². The van der Waals surface area contributed by atoms with Crippen LogP contribution in [0.5, 0.6) is 0 Å². The highest BCUT2D eigenvalue weighted by atomic mass is 16.5. The zero-order valence-electron chi connectivity index (χ0n) is 8.86. The Bertz CT molecular complexity index is 307. The molecule has 1 unspecified atom stereocenters. The maximum absolute atomic E-state index is 11.6. The molecular formula is C10H16N2O2. The van der Waals surface area contributed by atoms with Gasteiger partial charge in [0.2, 0.25) is 0 Å². The molecule has 0 bridgehead atoms. The van der Waals surface area contributed by atoms with Crippen LogP contribution >= 0.6 is 0 Å². The van der Waals surface area contributed by atoms with Gasteiger partial charge in [0.05, 0.1) is 18.2 Å². The first kappa shape index (κ1) is 10.8. The third kappa shape index (κ3) is 2.13. The number of esters is 1. The van der Waals surface area contributed by atoms with Crippen molar-refractivity contribution in [2.24, 2.45) is 7.05 Å². The highest BCUT2D eigenvalue weighted by Crippen LogP contribution is 2.19. The number of aryl methyl sites for hydroxylation is 1. The second-order valence-corrected chi connectivity index (χ2v) is 3.09. The van der Waals surface area contributed by atoms with E-state index in [1.165, 1.54) is 0 Å². The van der Waals surface area contributed by atoms with Gasteiger partial charge in [-0.3, -0.25) is 9.48 Å². The average Bonchev–Trinajstić information content (AvgIpc) is 2.54. The van der Waals surface area contributed by atoms with Gasteiger partial charge in [0.15, 0.2) is 0 Å². The van der Waals surface area contributed by atoms with Crippen molar-refractivity contribution in [2.75, 3.05) is 6.61 Å². The van der Waals surface area contributed by atoms with Crippen LogP contribution in [0.3, 0.4) is 0 Å². The Hall–Kier alpha value is -1.32. The summed E-state index contributed by atoms with van der Waals surface area (Å²) in [4.78, 5) is 11.6. The molecule has 0 saturated heterocycles. The van der Waals surface area contributed by atoms with Crippen LogP contribution in [0.2, 0.25) is 0 Å². The van der Waals surface area contributed by atoms with Crippen LogP contribution in [0.4, 0.5) is 0 Å². The van der Waals surface area contributed by atoms with Crippen LogP contribution < -0.4 is 0 Å². The van der Waals surface area contributed by atoms with E-state index in [1.54, 1.807) is 10.9 Å². The lowest BCUT2D eigenvalue weighted by Crippen LogP contribution is -2.18. The molecule has 0 spiro atoms. The standard InChI is InChI=1S/C10H16N2O2/c1-4-8(10(13)14-5-2)9-6-7-11-12(9)3/h6-8H,4-5H2,1-3H3. The van der Waals surface area contributed by atoms with E-state index in [0.29, 0.717) is 6.61 Å². The van der Waals surface area contributed by atoms with Gasteiger partial charge in [-0.15, -0.1) is 0 Å². The van der Waals surface area contributed by atoms with Crippen molar-refractivity contribution in [2.45, 2.75) is 26.2 Å². The van der Waals surface area contributed by atoms with Crippen LogP contribution in [-0.4, -0.2) is 22.4 Å². The summed E-state index contributed by atoms with van der Waals surface area (Å²) in [6.45, 7) is 4.20. The second kappa shape index (κ2) is 4.79. The first-order valence-electron chi connectivity index (χ1n) is 4.85. The fourth-order valence-corrected chi connectivity index (χ4v) is 1.47. The fraction of sp³-hybridized carbons (Fsp3) is 0.600. The summed E-state index contributed by atoms with van der Waals surface area (Å²) in [6, 6.07) is 1.85. The molecule has 0 aliphatic heterocycles. The number of aromatic nitrogens is 2. The summed E-state index contributed by atoms with van der Waals surface area (Å²) in [7, 11) is 1.83. The summed E-state index contributed by atoms with van der Waals surface area (Å²) in [6.07, 6.45) is 2.43. The molecule has 1 atom stereocenters. The van der Waals surface area contributed by atoms with E-state index in [0.717, 1.165) is 12.1 Å². The number of hydrogen-bond acceptors (Lipinski definition) is 3. The van der Waals surface area contributed by atoms with Crippen LogP contribution in [0, 0.1) is 0 Å². The molecule has 1 heterocycles. The minimum atomic E-state index is -0.192. The summed E-state index contributed by atoms with van der Waals surface area (Å²) < 4.78 is 6.71. The van der Waals surface area contributed by atoms with E-state index in [-0.39, 0.29) is 11.9 Å².